The molecule has 0 bridgehead atoms. The lowest BCUT2D eigenvalue weighted by molar-refractivity contribution is -0.139. The molecule has 0 aromatic heterocycles. The van der Waals surface area contributed by atoms with Gasteiger partial charge in [0.15, 0.2) is 0 Å². The summed E-state index contributed by atoms with van der Waals surface area (Å²) in [6, 6.07) is -1.24. The van der Waals surface area contributed by atoms with Crippen molar-refractivity contribution in [2.45, 2.75) is 33.2 Å². The van der Waals surface area contributed by atoms with Crippen LogP contribution in [0.15, 0.2) is 0 Å². The number of carbonyl (C=O) groups excluding carboxylic acids is 1. The molecule has 6 heteroatoms. The molecular formula is C11H22N2O3S. The van der Waals surface area contributed by atoms with Crippen LogP contribution in [-0.2, 0) is 4.79 Å². The fraction of sp³-hybridized carbons (Fsp3) is 0.818. The average molecular weight is 262 g/mol. The Morgan fingerprint density at radius 1 is 1.35 bits per heavy atom. The Balaban J connectivity index is 4.08. The second-order valence-electron chi connectivity index (χ2n) is 5.06. The maximum atomic E-state index is 11.5. The number of hydrogen-bond donors (Lipinski definition) is 3. The highest BCUT2D eigenvalue weighted by molar-refractivity contribution is 7.98. The molecule has 5 nitrogen and oxygen atoms in total. The summed E-state index contributed by atoms with van der Waals surface area (Å²) in [5.41, 5.74) is -0.0185. The normalized spacial score (nSPS) is 12.9. The van der Waals surface area contributed by atoms with Crippen LogP contribution in [0.4, 0.5) is 4.79 Å². The van der Waals surface area contributed by atoms with Crippen molar-refractivity contribution in [3.8, 4) is 0 Å². The van der Waals surface area contributed by atoms with Crippen molar-refractivity contribution in [3.05, 3.63) is 0 Å². The van der Waals surface area contributed by atoms with E-state index in [0.717, 1.165) is 0 Å². The van der Waals surface area contributed by atoms with Gasteiger partial charge >= 0.3 is 12.0 Å². The molecule has 0 spiro atoms. The van der Waals surface area contributed by atoms with Crippen LogP contribution in [0.3, 0.4) is 0 Å². The Hall–Kier alpha value is -0.910. The minimum absolute atomic E-state index is 0.0185. The van der Waals surface area contributed by atoms with E-state index in [2.05, 4.69) is 10.6 Å². The molecule has 0 radical (unpaired) electrons. The quantitative estimate of drug-likeness (QED) is 0.678. The van der Waals surface area contributed by atoms with Gasteiger partial charge in [0.2, 0.25) is 0 Å². The Bertz CT molecular complexity index is 264. The van der Waals surface area contributed by atoms with Crippen molar-refractivity contribution in [2.24, 2.45) is 5.41 Å². The van der Waals surface area contributed by atoms with Crippen LogP contribution in [0.5, 0.6) is 0 Å². The molecular weight excluding hydrogens is 240 g/mol. The minimum Gasteiger partial charge on any atom is -0.480 e. The van der Waals surface area contributed by atoms with Crippen LogP contribution >= 0.6 is 11.8 Å². The lowest BCUT2D eigenvalue weighted by Crippen LogP contribution is -2.47. The molecule has 1 unspecified atom stereocenters. The zero-order chi connectivity index (χ0) is 13.5. The third-order valence-electron chi connectivity index (χ3n) is 1.99. The summed E-state index contributed by atoms with van der Waals surface area (Å²) in [5, 5.41) is 14.1. The summed E-state index contributed by atoms with van der Waals surface area (Å²) in [4.78, 5) is 22.4. The highest BCUT2D eigenvalue weighted by Gasteiger charge is 2.20. The van der Waals surface area contributed by atoms with Gasteiger partial charge in [-0.25, -0.2) is 9.59 Å². The number of aliphatic carboxylic acids is 1. The van der Waals surface area contributed by atoms with Crippen molar-refractivity contribution in [1.29, 1.82) is 0 Å². The Morgan fingerprint density at radius 2 is 1.94 bits per heavy atom. The molecule has 0 aliphatic carbocycles. The van der Waals surface area contributed by atoms with Gasteiger partial charge in [0.25, 0.3) is 0 Å². The molecule has 0 saturated heterocycles. The van der Waals surface area contributed by atoms with Gasteiger partial charge < -0.3 is 15.7 Å². The van der Waals surface area contributed by atoms with Gasteiger partial charge in [-0.2, -0.15) is 11.8 Å². The van der Waals surface area contributed by atoms with E-state index in [9.17, 15) is 9.59 Å². The summed E-state index contributed by atoms with van der Waals surface area (Å²) in [6.07, 6.45) is 2.33. The first-order valence-corrected chi connectivity index (χ1v) is 6.92. The molecule has 0 aromatic carbocycles. The summed E-state index contributed by atoms with van der Waals surface area (Å²) in [6.45, 7) is 6.49. The fourth-order valence-electron chi connectivity index (χ4n) is 1.05. The lowest BCUT2D eigenvalue weighted by Gasteiger charge is -2.20. The molecule has 0 saturated carbocycles. The van der Waals surface area contributed by atoms with Crippen LogP contribution < -0.4 is 10.6 Å². The predicted octanol–water partition coefficient (Wildman–Crippen LogP) is 1.54. The first-order valence-electron chi connectivity index (χ1n) is 5.52. The van der Waals surface area contributed by atoms with E-state index in [4.69, 9.17) is 5.11 Å². The van der Waals surface area contributed by atoms with Crippen molar-refractivity contribution in [1.82, 2.24) is 10.6 Å². The predicted molar refractivity (Wildman–Crippen MR) is 70.4 cm³/mol. The number of hydrogen-bond acceptors (Lipinski definition) is 3. The van der Waals surface area contributed by atoms with Crippen molar-refractivity contribution >= 4 is 23.8 Å². The van der Waals surface area contributed by atoms with Gasteiger partial charge in [-0.3, -0.25) is 0 Å². The average Bonchev–Trinajstić information content (AvgIpc) is 2.19. The number of carboxylic acids is 1. The molecule has 3 N–H and O–H groups in total. The molecule has 0 fully saturated rings. The van der Waals surface area contributed by atoms with Gasteiger partial charge in [-0.15, -0.1) is 0 Å². The maximum Gasteiger partial charge on any atom is 0.326 e. The maximum absolute atomic E-state index is 11.5. The third kappa shape index (κ3) is 8.85. The molecule has 0 rings (SSSR count). The van der Waals surface area contributed by atoms with Gasteiger partial charge in [0, 0.05) is 6.54 Å². The first-order chi connectivity index (χ1) is 7.76. The lowest BCUT2D eigenvalue weighted by atomic mass is 9.97. The third-order valence-corrected chi connectivity index (χ3v) is 2.64. The summed E-state index contributed by atoms with van der Waals surface area (Å²) < 4.78 is 0. The molecule has 1 atom stereocenters. The Kier molecular flexibility index (Phi) is 7.03. The van der Waals surface area contributed by atoms with Crippen molar-refractivity contribution in [3.63, 3.8) is 0 Å². The van der Waals surface area contributed by atoms with Crippen molar-refractivity contribution in [2.75, 3.05) is 18.6 Å². The molecule has 0 heterocycles. The summed E-state index contributed by atoms with van der Waals surface area (Å²) >= 11 is 1.56. The van der Waals surface area contributed by atoms with E-state index in [1.54, 1.807) is 11.8 Å². The van der Waals surface area contributed by atoms with E-state index in [-0.39, 0.29) is 5.41 Å². The Labute approximate surface area is 107 Å². The second kappa shape index (κ2) is 7.42. The standard InChI is InChI=1S/C11H22N2O3S/c1-11(2,3)7-12-10(16)13-8(9(14)15)5-6-17-4/h8H,5-7H2,1-4H3,(H,14,15)(H2,12,13,16). The molecule has 0 aromatic rings. The van der Waals surface area contributed by atoms with E-state index in [1.165, 1.54) is 0 Å². The number of nitrogens with one attached hydrogen (secondary N) is 2. The highest BCUT2D eigenvalue weighted by Crippen LogP contribution is 2.10. The molecule has 2 amide bonds. The van der Waals surface area contributed by atoms with Crippen LogP contribution in [-0.4, -0.2) is 41.7 Å². The topological polar surface area (TPSA) is 78.4 Å². The van der Waals surface area contributed by atoms with Gasteiger partial charge in [0.05, 0.1) is 0 Å². The van der Waals surface area contributed by atoms with Crippen LogP contribution in [0.1, 0.15) is 27.2 Å². The first kappa shape index (κ1) is 16.1. The SMILES string of the molecule is CSCCC(NC(=O)NCC(C)(C)C)C(=O)O. The highest BCUT2D eigenvalue weighted by atomic mass is 32.2. The largest absolute Gasteiger partial charge is 0.480 e. The number of carbonyl (C=O) groups is 2. The van der Waals surface area contributed by atoms with Crippen molar-refractivity contribution < 1.29 is 14.7 Å². The number of amides is 2. The zero-order valence-corrected chi connectivity index (χ0v) is 11.7. The fourth-order valence-corrected chi connectivity index (χ4v) is 1.52. The van der Waals surface area contributed by atoms with Crippen LogP contribution in [0.25, 0.3) is 0 Å². The smallest absolute Gasteiger partial charge is 0.326 e. The van der Waals surface area contributed by atoms with Gasteiger partial charge in [-0.05, 0) is 23.8 Å². The zero-order valence-electron chi connectivity index (χ0n) is 10.9. The van der Waals surface area contributed by atoms with E-state index >= 15 is 0 Å². The molecule has 0 aliphatic heterocycles. The number of thioether (sulfide) groups is 1. The van der Waals surface area contributed by atoms with Gasteiger partial charge in [-0.1, -0.05) is 20.8 Å². The monoisotopic (exact) mass is 262 g/mol. The number of carboxylic acid groups (broad SMARTS) is 1. The Morgan fingerprint density at radius 3 is 2.35 bits per heavy atom. The second-order valence-corrected chi connectivity index (χ2v) is 6.05. The number of urea groups is 1. The van der Waals surface area contributed by atoms with E-state index in [0.29, 0.717) is 18.7 Å². The van der Waals surface area contributed by atoms with E-state index in [1.807, 2.05) is 27.0 Å². The molecule has 0 aliphatic rings. The van der Waals surface area contributed by atoms with Crippen LogP contribution in [0.2, 0.25) is 0 Å². The summed E-state index contributed by atoms with van der Waals surface area (Å²) in [7, 11) is 0. The summed E-state index contributed by atoms with van der Waals surface area (Å²) in [5.74, 6) is -0.291. The minimum atomic E-state index is -0.995. The molecule has 100 valence electrons. The van der Waals surface area contributed by atoms with Gasteiger partial charge in [0.1, 0.15) is 6.04 Å². The molecule has 17 heavy (non-hydrogen) atoms. The van der Waals surface area contributed by atoms with E-state index < -0.39 is 18.0 Å². The van der Waals surface area contributed by atoms with Crippen LogP contribution in [0, 0.1) is 5.41 Å². The number of rotatable bonds is 6.